The zero-order valence-electron chi connectivity index (χ0n) is 8.93. The van der Waals surface area contributed by atoms with Crippen molar-refractivity contribution in [1.29, 1.82) is 0 Å². The van der Waals surface area contributed by atoms with Crippen LogP contribution in [0.1, 0.15) is 25.7 Å². The van der Waals surface area contributed by atoms with E-state index in [2.05, 4.69) is 10.6 Å². The summed E-state index contributed by atoms with van der Waals surface area (Å²) in [4.78, 5) is 0. The minimum absolute atomic E-state index is 0.714. The fourth-order valence-electron chi connectivity index (χ4n) is 2.33. The second-order valence-corrected chi connectivity index (χ2v) is 4.51. The summed E-state index contributed by atoms with van der Waals surface area (Å²) in [6.45, 7) is 5.50. The Morgan fingerprint density at radius 2 is 2.07 bits per heavy atom. The molecule has 1 atom stereocenters. The molecule has 0 aromatic heterocycles. The van der Waals surface area contributed by atoms with E-state index >= 15 is 0 Å². The Morgan fingerprint density at radius 3 is 2.79 bits per heavy atom. The minimum Gasteiger partial charge on any atom is -0.381 e. The van der Waals surface area contributed by atoms with Crippen LogP contribution in [0.3, 0.4) is 0 Å². The fraction of sp³-hybridized carbons (Fsp3) is 1.00. The first-order valence-electron chi connectivity index (χ1n) is 5.97. The van der Waals surface area contributed by atoms with Crippen LogP contribution in [0.4, 0.5) is 0 Å². The molecule has 2 aliphatic heterocycles. The summed E-state index contributed by atoms with van der Waals surface area (Å²) < 4.78 is 5.34. The lowest BCUT2D eigenvalue weighted by molar-refractivity contribution is 0.0765. The maximum Gasteiger partial charge on any atom is 0.0480 e. The van der Waals surface area contributed by atoms with Crippen molar-refractivity contribution in [2.24, 2.45) is 5.92 Å². The highest BCUT2D eigenvalue weighted by atomic mass is 16.5. The van der Waals surface area contributed by atoms with Crippen LogP contribution in [0, 0.1) is 5.92 Å². The van der Waals surface area contributed by atoms with E-state index in [9.17, 15) is 0 Å². The van der Waals surface area contributed by atoms with Gasteiger partial charge < -0.3 is 15.4 Å². The Balaban J connectivity index is 1.60. The normalized spacial score (nSPS) is 30.4. The molecule has 2 heterocycles. The van der Waals surface area contributed by atoms with Gasteiger partial charge >= 0.3 is 0 Å². The highest BCUT2D eigenvalue weighted by Gasteiger charge is 2.17. The predicted octanol–water partition coefficient (Wildman–Crippen LogP) is 0.755. The molecule has 0 aromatic carbocycles. The molecule has 82 valence electrons. The van der Waals surface area contributed by atoms with Gasteiger partial charge in [-0.1, -0.05) is 0 Å². The van der Waals surface area contributed by atoms with Gasteiger partial charge in [0.2, 0.25) is 0 Å². The van der Waals surface area contributed by atoms with Crippen molar-refractivity contribution in [3.05, 3.63) is 0 Å². The molecule has 14 heavy (non-hydrogen) atoms. The summed E-state index contributed by atoms with van der Waals surface area (Å²) in [6.07, 6.45) is 5.13. The van der Waals surface area contributed by atoms with Crippen LogP contribution < -0.4 is 10.6 Å². The maximum atomic E-state index is 5.34. The summed E-state index contributed by atoms with van der Waals surface area (Å²) in [7, 11) is 0. The summed E-state index contributed by atoms with van der Waals surface area (Å²) in [5, 5.41) is 7.13. The average Bonchev–Trinajstić information content (AvgIpc) is 2.29. The van der Waals surface area contributed by atoms with Crippen LogP contribution in [0.2, 0.25) is 0 Å². The lowest BCUT2D eigenvalue weighted by Gasteiger charge is -2.28. The Bertz CT molecular complexity index is 133. The Morgan fingerprint density at radius 1 is 1.21 bits per heavy atom. The smallest absolute Gasteiger partial charge is 0.0480 e. The van der Waals surface area contributed by atoms with E-state index in [0.29, 0.717) is 6.04 Å². The van der Waals surface area contributed by atoms with Gasteiger partial charge in [-0.25, -0.2) is 0 Å². The SMILES string of the molecule is C1CNCC(CNC2CCOCC2)C1. The fourth-order valence-corrected chi connectivity index (χ4v) is 2.33. The van der Waals surface area contributed by atoms with Crippen LogP contribution in [-0.4, -0.2) is 38.9 Å². The highest BCUT2D eigenvalue weighted by Crippen LogP contribution is 2.11. The van der Waals surface area contributed by atoms with Gasteiger partial charge in [-0.3, -0.25) is 0 Å². The van der Waals surface area contributed by atoms with Gasteiger partial charge in [0.15, 0.2) is 0 Å². The van der Waals surface area contributed by atoms with Gasteiger partial charge in [0.1, 0.15) is 0 Å². The van der Waals surface area contributed by atoms with E-state index in [1.54, 1.807) is 0 Å². The number of piperidine rings is 1. The lowest BCUT2D eigenvalue weighted by atomic mass is 9.99. The summed E-state index contributed by atoms with van der Waals surface area (Å²) in [5.41, 5.74) is 0. The minimum atomic E-state index is 0.714. The molecule has 1 unspecified atom stereocenters. The molecule has 0 aromatic rings. The van der Waals surface area contributed by atoms with Crippen molar-refractivity contribution in [2.75, 3.05) is 32.8 Å². The van der Waals surface area contributed by atoms with E-state index in [1.165, 1.54) is 45.3 Å². The first kappa shape index (κ1) is 10.4. The molecule has 2 aliphatic rings. The number of hydrogen-bond donors (Lipinski definition) is 2. The Hall–Kier alpha value is -0.120. The van der Waals surface area contributed by atoms with Gasteiger partial charge in [0, 0.05) is 19.3 Å². The first-order chi connectivity index (χ1) is 6.95. The van der Waals surface area contributed by atoms with Gasteiger partial charge in [-0.15, -0.1) is 0 Å². The van der Waals surface area contributed by atoms with E-state index in [4.69, 9.17) is 4.74 Å². The number of ether oxygens (including phenoxy) is 1. The predicted molar refractivity (Wildman–Crippen MR) is 57.4 cm³/mol. The van der Waals surface area contributed by atoms with E-state index in [0.717, 1.165) is 19.1 Å². The van der Waals surface area contributed by atoms with E-state index < -0.39 is 0 Å². The van der Waals surface area contributed by atoms with Crippen molar-refractivity contribution in [1.82, 2.24) is 10.6 Å². The Kier molecular flexibility index (Phi) is 4.22. The number of rotatable bonds is 3. The molecule has 0 spiro atoms. The van der Waals surface area contributed by atoms with Gasteiger partial charge in [-0.05, 0) is 51.2 Å². The molecule has 0 amide bonds. The molecule has 0 radical (unpaired) electrons. The molecular formula is C11H22N2O. The molecule has 2 fully saturated rings. The Labute approximate surface area is 86.6 Å². The molecule has 0 aliphatic carbocycles. The zero-order valence-corrected chi connectivity index (χ0v) is 8.93. The first-order valence-corrected chi connectivity index (χ1v) is 5.97. The average molecular weight is 198 g/mol. The molecule has 2 saturated heterocycles. The summed E-state index contributed by atoms with van der Waals surface area (Å²) >= 11 is 0. The molecule has 2 rings (SSSR count). The van der Waals surface area contributed by atoms with Crippen LogP contribution in [0.25, 0.3) is 0 Å². The molecular weight excluding hydrogens is 176 g/mol. The van der Waals surface area contributed by atoms with Gasteiger partial charge in [0.25, 0.3) is 0 Å². The van der Waals surface area contributed by atoms with Crippen LogP contribution in [0.5, 0.6) is 0 Å². The molecule has 2 N–H and O–H groups in total. The van der Waals surface area contributed by atoms with Crippen LogP contribution in [0.15, 0.2) is 0 Å². The van der Waals surface area contributed by atoms with Gasteiger partial charge in [0.05, 0.1) is 0 Å². The zero-order chi connectivity index (χ0) is 9.64. The van der Waals surface area contributed by atoms with Crippen molar-refractivity contribution in [3.63, 3.8) is 0 Å². The molecule has 0 bridgehead atoms. The molecule has 3 nitrogen and oxygen atoms in total. The number of hydrogen-bond acceptors (Lipinski definition) is 3. The third-order valence-electron chi connectivity index (χ3n) is 3.32. The van der Waals surface area contributed by atoms with Crippen LogP contribution in [-0.2, 0) is 4.74 Å². The molecule has 0 saturated carbocycles. The van der Waals surface area contributed by atoms with Crippen LogP contribution >= 0.6 is 0 Å². The molecule has 3 heteroatoms. The number of nitrogens with one attached hydrogen (secondary N) is 2. The van der Waals surface area contributed by atoms with Crippen molar-refractivity contribution < 1.29 is 4.74 Å². The summed E-state index contributed by atoms with van der Waals surface area (Å²) in [5.74, 6) is 0.853. The standard InChI is InChI=1S/C11H22N2O/c1-2-10(8-12-5-1)9-13-11-3-6-14-7-4-11/h10-13H,1-9H2. The largest absolute Gasteiger partial charge is 0.381 e. The van der Waals surface area contributed by atoms with Gasteiger partial charge in [-0.2, -0.15) is 0 Å². The van der Waals surface area contributed by atoms with E-state index in [-0.39, 0.29) is 0 Å². The topological polar surface area (TPSA) is 33.3 Å². The van der Waals surface area contributed by atoms with Crippen molar-refractivity contribution in [2.45, 2.75) is 31.7 Å². The second kappa shape index (κ2) is 5.69. The quantitative estimate of drug-likeness (QED) is 0.702. The highest BCUT2D eigenvalue weighted by molar-refractivity contribution is 4.75. The lowest BCUT2D eigenvalue weighted by Crippen LogP contribution is -2.41. The van der Waals surface area contributed by atoms with Crippen molar-refractivity contribution >= 4 is 0 Å². The second-order valence-electron chi connectivity index (χ2n) is 4.51. The third-order valence-corrected chi connectivity index (χ3v) is 3.32. The third kappa shape index (κ3) is 3.23. The monoisotopic (exact) mass is 198 g/mol. The van der Waals surface area contributed by atoms with Crippen molar-refractivity contribution in [3.8, 4) is 0 Å². The van der Waals surface area contributed by atoms with E-state index in [1.807, 2.05) is 0 Å². The maximum absolute atomic E-state index is 5.34. The summed E-state index contributed by atoms with van der Waals surface area (Å²) in [6, 6.07) is 0.714.